The Hall–Kier alpha value is -6.18. The minimum absolute atomic E-state index is 0.451. The Kier molecular flexibility index (Phi) is 5.10. The molecule has 1 nitrogen and oxygen atoms in total. The van der Waals surface area contributed by atoms with E-state index in [4.69, 9.17) is 4.42 Å². The number of para-hydroxylation sites is 1. The normalized spacial score (nSPS) is 13.6. The fourth-order valence-corrected chi connectivity index (χ4v) is 8.94. The third kappa shape index (κ3) is 3.25. The molecule has 0 saturated heterocycles. The van der Waals surface area contributed by atoms with Gasteiger partial charge < -0.3 is 4.42 Å². The molecule has 0 unspecified atom stereocenters. The largest absolute Gasteiger partial charge is 0.456 e. The van der Waals surface area contributed by atoms with Crippen LogP contribution in [0.4, 0.5) is 0 Å². The molecule has 1 spiro atoms. The van der Waals surface area contributed by atoms with E-state index in [-0.39, 0.29) is 0 Å². The monoisotopic (exact) mass is 608 g/mol. The Morgan fingerprint density at radius 2 is 0.938 bits per heavy atom. The molecular weight excluding hydrogens is 581 g/mol. The van der Waals surface area contributed by atoms with Gasteiger partial charge in [-0.05, 0) is 108 Å². The molecule has 0 N–H and O–H groups in total. The lowest BCUT2D eigenvalue weighted by molar-refractivity contribution is 0.669. The molecule has 0 fully saturated rings. The van der Waals surface area contributed by atoms with E-state index >= 15 is 0 Å². The highest BCUT2D eigenvalue weighted by molar-refractivity contribution is 6.13. The van der Waals surface area contributed by atoms with E-state index in [2.05, 4.69) is 164 Å². The topological polar surface area (TPSA) is 13.1 Å². The van der Waals surface area contributed by atoms with Crippen LogP contribution in [0.3, 0.4) is 0 Å². The van der Waals surface area contributed by atoms with Gasteiger partial charge in [-0.15, -0.1) is 0 Å². The smallest absolute Gasteiger partial charge is 0.135 e. The zero-order chi connectivity index (χ0) is 31.4. The van der Waals surface area contributed by atoms with Gasteiger partial charge in [-0.3, -0.25) is 0 Å². The Balaban J connectivity index is 1.29. The van der Waals surface area contributed by atoms with Crippen molar-refractivity contribution >= 4 is 32.7 Å². The van der Waals surface area contributed by atoms with Gasteiger partial charge in [0.15, 0.2) is 0 Å². The molecule has 1 heteroatoms. The van der Waals surface area contributed by atoms with Crippen molar-refractivity contribution in [1.29, 1.82) is 0 Å². The van der Waals surface area contributed by atoms with Crippen molar-refractivity contribution in [2.75, 3.05) is 0 Å². The molecule has 0 amide bonds. The molecule has 222 valence electrons. The maximum Gasteiger partial charge on any atom is 0.135 e. The summed E-state index contributed by atoms with van der Waals surface area (Å²) in [7, 11) is 0. The quantitative estimate of drug-likeness (QED) is 0.190. The van der Waals surface area contributed by atoms with Crippen molar-refractivity contribution in [3.63, 3.8) is 0 Å². The van der Waals surface area contributed by atoms with Crippen molar-refractivity contribution < 1.29 is 4.42 Å². The molecule has 2 aliphatic carbocycles. The van der Waals surface area contributed by atoms with E-state index in [0.29, 0.717) is 0 Å². The summed E-state index contributed by atoms with van der Waals surface area (Å²) in [4.78, 5) is 0. The standard InChI is InChI=1S/C47H28O/c1-2-12-29(13-3-1)30-22-24-37-42(27-30)47(40-19-9-6-15-33(40)34-16-7-10-20-41(34)47)43-28-38(32-14-4-5-18-36(32)46(37)43)31-23-25-45-39(26-31)35-17-8-11-21-44(35)48-45/h1-28H. The van der Waals surface area contributed by atoms with Gasteiger partial charge in [0.05, 0.1) is 5.41 Å². The lowest BCUT2D eigenvalue weighted by Crippen LogP contribution is -2.26. The summed E-state index contributed by atoms with van der Waals surface area (Å²) >= 11 is 0. The van der Waals surface area contributed by atoms with Crippen LogP contribution in [-0.2, 0) is 5.41 Å². The first kappa shape index (κ1) is 25.9. The van der Waals surface area contributed by atoms with E-state index in [1.807, 2.05) is 6.07 Å². The van der Waals surface area contributed by atoms with Crippen molar-refractivity contribution in [1.82, 2.24) is 0 Å². The van der Waals surface area contributed by atoms with E-state index in [1.54, 1.807) is 0 Å². The first-order valence-corrected chi connectivity index (χ1v) is 16.7. The van der Waals surface area contributed by atoms with E-state index in [0.717, 1.165) is 21.9 Å². The summed E-state index contributed by atoms with van der Waals surface area (Å²) < 4.78 is 6.25. The number of furan rings is 1. The van der Waals surface area contributed by atoms with Crippen LogP contribution in [0.5, 0.6) is 0 Å². The highest BCUT2D eigenvalue weighted by atomic mass is 16.3. The second kappa shape index (κ2) is 9.44. The summed E-state index contributed by atoms with van der Waals surface area (Å²) in [5.74, 6) is 0. The molecule has 48 heavy (non-hydrogen) atoms. The van der Waals surface area contributed by atoms with Crippen LogP contribution < -0.4 is 0 Å². The molecule has 1 aromatic heterocycles. The van der Waals surface area contributed by atoms with Crippen molar-refractivity contribution in [3.8, 4) is 44.5 Å². The Morgan fingerprint density at radius 3 is 1.73 bits per heavy atom. The lowest BCUT2D eigenvalue weighted by Gasteiger charge is -2.31. The molecule has 8 aromatic carbocycles. The summed E-state index contributed by atoms with van der Waals surface area (Å²) in [5.41, 5.74) is 17.0. The number of benzene rings is 8. The number of fused-ring (bicyclic) bond motifs is 15. The second-order valence-corrected chi connectivity index (χ2v) is 13.2. The Bertz CT molecular complexity index is 2740. The van der Waals surface area contributed by atoms with Gasteiger partial charge in [-0.1, -0.05) is 140 Å². The van der Waals surface area contributed by atoms with Crippen LogP contribution in [0.2, 0.25) is 0 Å². The van der Waals surface area contributed by atoms with Gasteiger partial charge in [0.2, 0.25) is 0 Å². The van der Waals surface area contributed by atoms with E-state index in [1.165, 1.54) is 77.5 Å². The molecule has 11 rings (SSSR count). The molecule has 0 aliphatic heterocycles. The third-order valence-electron chi connectivity index (χ3n) is 10.9. The summed E-state index contributed by atoms with van der Waals surface area (Å²) in [6.45, 7) is 0. The summed E-state index contributed by atoms with van der Waals surface area (Å²) in [5, 5.41) is 4.85. The number of hydrogen-bond donors (Lipinski definition) is 0. The molecule has 2 aliphatic rings. The van der Waals surface area contributed by atoms with Crippen LogP contribution in [0.25, 0.3) is 77.2 Å². The average Bonchev–Trinajstić information content (AvgIpc) is 3.78. The molecule has 0 atom stereocenters. The average molecular weight is 609 g/mol. The Morgan fingerprint density at radius 1 is 0.312 bits per heavy atom. The maximum absolute atomic E-state index is 6.25. The molecule has 0 radical (unpaired) electrons. The lowest BCUT2D eigenvalue weighted by atomic mass is 9.69. The maximum atomic E-state index is 6.25. The fraction of sp³-hybridized carbons (Fsp3) is 0.0213. The van der Waals surface area contributed by atoms with Gasteiger partial charge in [0, 0.05) is 10.8 Å². The first-order valence-electron chi connectivity index (χ1n) is 16.7. The molecule has 9 aromatic rings. The minimum atomic E-state index is -0.451. The minimum Gasteiger partial charge on any atom is -0.456 e. The molecule has 0 bridgehead atoms. The van der Waals surface area contributed by atoms with E-state index < -0.39 is 5.41 Å². The van der Waals surface area contributed by atoms with Crippen molar-refractivity contribution in [3.05, 3.63) is 192 Å². The highest BCUT2D eigenvalue weighted by Crippen LogP contribution is 2.64. The zero-order valence-corrected chi connectivity index (χ0v) is 26.1. The van der Waals surface area contributed by atoms with Gasteiger partial charge >= 0.3 is 0 Å². The zero-order valence-electron chi connectivity index (χ0n) is 26.1. The molecular formula is C47H28O. The predicted molar refractivity (Wildman–Crippen MR) is 198 cm³/mol. The molecule has 1 heterocycles. The van der Waals surface area contributed by atoms with Crippen LogP contribution in [0, 0.1) is 0 Å². The van der Waals surface area contributed by atoms with Crippen molar-refractivity contribution in [2.45, 2.75) is 5.41 Å². The summed E-state index contributed by atoms with van der Waals surface area (Å²) in [6.07, 6.45) is 0. The van der Waals surface area contributed by atoms with E-state index in [9.17, 15) is 0 Å². The second-order valence-electron chi connectivity index (χ2n) is 13.2. The first-order chi connectivity index (χ1) is 23.8. The predicted octanol–water partition coefficient (Wildman–Crippen LogP) is 12.4. The summed E-state index contributed by atoms with van der Waals surface area (Å²) in [6, 6.07) is 62.6. The Labute approximate surface area is 278 Å². The fourth-order valence-electron chi connectivity index (χ4n) is 8.94. The number of rotatable bonds is 2. The van der Waals surface area contributed by atoms with Crippen LogP contribution in [0.1, 0.15) is 22.3 Å². The molecule has 0 saturated carbocycles. The third-order valence-corrected chi connectivity index (χ3v) is 10.9. The van der Waals surface area contributed by atoms with Crippen molar-refractivity contribution in [2.24, 2.45) is 0 Å². The van der Waals surface area contributed by atoms with Gasteiger partial charge in [-0.2, -0.15) is 0 Å². The highest BCUT2D eigenvalue weighted by Gasteiger charge is 2.52. The number of hydrogen-bond acceptors (Lipinski definition) is 1. The van der Waals surface area contributed by atoms with Crippen LogP contribution in [-0.4, -0.2) is 0 Å². The van der Waals surface area contributed by atoms with Gasteiger partial charge in [-0.25, -0.2) is 0 Å². The van der Waals surface area contributed by atoms with Crippen LogP contribution >= 0.6 is 0 Å². The van der Waals surface area contributed by atoms with Gasteiger partial charge in [0.25, 0.3) is 0 Å². The SMILES string of the molecule is c1ccc(-c2ccc3c(c2)C2(c4ccccc4-c4ccccc42)c2cc(-c4ccc5oc6ccccc6c5c4)c4ccccc4c2-3)cc1. The van der Waals surface area contributed by atoms with Gasteiger partial charge in [0.1, 0.15) is 11.2 Å². The van der Waals surface area contributed by atoms with Crippen LogP contribution in [0.15, 0.2) is 174 Å².